The van der Waals surface area contributed by atoms with Gasteiger partial charge in [-0.2, -0.15) is 0 Å². The standard InChI is InChI=1S/C24H18FN7O/c25-20-10-6-18(7-11-20)22-23(31(15-26-22)14-17-4-2-1-3-5-17)28-24(33)19-8-12-21(13-9-19)32-16-27-29-30-32/h1-13,15-16H,14H2,(H,28,33). The number of anilines is 1. The first-order chi connectivity index (χ1) is 16.2. The minimum atomic E-state index is -0.337. The van der Waals surface area contributed by atoms with Gasteiger partial charge >= 0.3 is 0 Å². The van der Waals surface area contributed by atoms with Crippen LogP contribution >= 0.6 is 0 Å². The first kappa shape index (κ1) is 20.3. The Labute approximate surface area is 188 Å². The predicted octanol–water partition coefficient (Wildman–Crippen LogP) is 3.97. The molecule has 2 heterocycles. The molecule has 0 bridgehead atoms. The smallest absolute Gasteiger partial charge is 0.256 e. The fraction of sp³-hybridized carbons (Fsp3) is 0.0417. The molecular weight excluding hydrogens is 421 g/mol. The van der Waals surface area contributed by atoms with Crippen LogP contribution < -0.4 is 5.32 Å². The lowest BCUT2D eigenvalue weighted by molar-refractivity contribution is 0.102. The van der Waals surface area contributed by atoms with E-state index in [2.05, 4.69) is 25.8 Å². The molecule has 162 valence electrons. The maximum absolute atomic E-state index is 13.5. The summed E-state index contributed by atoms with van der Waals surface area (Å²) in [4.78, 5) is 17.6. The number of benzene rings is 3. The summed E-state index contributed by atoms with van der Waals surface area (Å²) >= 11 is 0. The van der Waals surface area contributed by atoms with Gasteiger partial charge in [-0.15, -0.1) is 5.10 Å². The highest BCUT2D eigenvalue weighted by atomic mass is 19.1. The first-order valence-electron chi connectivity index (χ1n) is 10.2. The van der Waals surface area contributed by atoms with Gasteiger partial charge in [0.1, 0.15) is 23.7 Å². The maximum Gasteiger partial charge on any atom is 0.256 e. The zero-order chi connectivity index (χ0) is 22.6. The largest absolute Gasteiger partial charge is 0.312 e. The Morgan fingerprint density at radius 3 is 2.36 bits per heavy atom. The second kappa shape index (κ2) is 8.83. The molecule has 1 N–H and O–H groups in total. The lowest BCUT2D eigenvalue weighted by Crippen LogP contribution is -2.16. The Kier molecular flexibility index (Phi) is 5.42. The number of amides is 1. The Bertz CT molecular complexity index is 1360. The molecule has 33 heavy (non-hydrogen) atoms. The number of nitrogens with one attached hydrogen (secondary N) is 1. The molecule has 0 saturated carbocycles. The highest BCUT2D eigenvalue weighted by molar-refractivity contribution is 6.05. The summed E-state index contributed by atoms with van der Waals surface area (Å²) in [5.74, 6) is -0.104. The van der Waals surface area contributed by atoms with Crippen molar-refractivity contribution in [3.05, 3.63) is 108 Å². The van der Waals surface area contributed by atoms with Crippen molar-refractivity contribution in [2.24, 2.45) is 0 Å². The van der Waals surface area contributed by atoms with Gasteiger partial charge in [0, 0.05) is 11.1 Å². The average molecular weight is 439 g/mol. The Morgan fingerprint density at radius 1 is 0.909 bits per heavy atom. The number of tetrazole rings is 1. The average Bonchev–Trinajstić information content (AvgIpc) is 3.52. The molecule has 0 spiro atoms. The number of rotatable bonds is 6. The van der Waals surface area contributed by atoms with E-state index >= 15 is 0 Å². The molecule has 0 aliphatic carbocycles. The molecular formula is C24H18FN7O. The molecule has 3 aromatic carbocycles. The number of aromatic nitrogens is 6. The van der Waals surface area contributed by atoms with Crippen LogP contribution in [0.25, 0.3) is 16.9 Å². The van der Waals surface area contributed by atoms with Gasteiger partial charge in [-0.25, -0.2) is 14.1 Å². The number of halogens is 1. The molecule has 1 amide bonds. The van der Waals surface area contributed by atoms with Crippen LogP contribution in [0.2, 0.25) is 0 Å². The predicted molar refractivity (Wildman–Crippen MR) is 120 cm³/mol. The van der Waals surface area contributed by atoms with Crippen molar-refractivity contribution in [3.63, 3.8) is 0 Å². The van der Waals surface area contributed by atoms with Gasteiger partial charge in [-0.1, -0.05) is 30.3 Å². The maximum atomic E-state index is 13.5. The first-order valence-corrected chi connectivity index (χ1v) is 10.2. The van der Waals surface area contributed by atoms with Gasteiger partial charge in [0.2, 0.25) is 0 Å². The minimum absolute atomic E-state index is 0.295. The molecule has 8 nitrogen and oxygen atoms in total. The molecule has 0 unspecified atom stereocenters. The van der Waals surface area contributed by atoms with E-state index in [1.54, 1.807) is 42.7 Å². The van der Waals surface area contributed by atoms with Gasteiger partial charge in [0.15, 0.2) is 0 Å². The van der Waals surface area contributed by atoms with Crippen LogP contribution in [0, 0.1) is 5.82 Å². The molecule has 0 fully saturated rings. The number of hydrogen-bond acceptors (Lipinski definition) is 5. The third-order valence-electron chi connectivity index (χ3n) is 5.13. The van der Waals surface area contributed by atoms with Crippen molar-refractivity contribution in [1.82, 2.24) is 29.8 Å². The normalized spacial score (nSPS) is 10.8. The lowest BCUT2D eigenvalue weighted by Gasteiger charge is -2.12. The highest BCUT2D eigenvalue weighted by Gasteiger charge is 2.17. The van der Waals surface area contributed by atoms with Gasteiger partial charge < -0.3 is 9.88 Å². The van der Waals surface area contributed by atoms with Crippen LogP contribution in [0.3, 0.4) is 0 Å². The second-order valence-electron chi connectivity index (χ2n) is 7.32. The SMILES string of the molecule is O=C(Nc1c(-c2ccc(F)cc2)ncn1Cc1ccccc1)c1ccc(-n2cnnn2)cc1. The fourth-order valence-electron chi connectivity index (χ4n) is 3.46. The number of imidazole rings is 1. The third-order valence-corrected chi connectivity index (χ3v) is 5.13. The molecule has 0 saturated heterocycles. The fourth-order valence-corrected chi connectivity index (χ4v) is 3.46. The minimum Gasteiger partial charge on any atom is -0.312 e. The topological polar surface area (TPSA) is 90.5 Å². The summed E-state index contributed by atoms with van der Waals surface area (Å²) in [6.07, 6.45) is 3.15. The van der Waals surface area contributed by atoms with Crippen molar-refractivity contribution in [3.8, 4) is 16.9 Å². The van der Waals surface area contributed by atoms with Crippen molar-refractivity contribution < 1.29 is 9.18 Å². The summed E-state index contributed by atoms with van der Waals surface area (Å²) in [5.41, 5.74) is 3.51. The van der Waals surface area contributed by atoms with E-state index in [0.29, 0.717) is 29.2 Å². The van der Waals surface area contributed by atoms with Crippen LogP contribution in [0.1, 0.15) is 15.9 Å². The van der Waals surface area contributed by atoms with E-state index in [4.69, 9.17) is 0 Å². The number of nitrogens with zero attached hydrogens (tertiary/aromatic N) is 6. The molecule has 2 aromatic heterocycles. The zero-order valence-corrected chi connectivity index (χ0v) is 17.3. The van der Waals surface area contributed by atoms with Crippen LogP contribution in [0.4, 0.5) is 10.2 Å². The van der Waals surface area contributed by atoms with E-state index in [-0.39, 0.29) is 11.7 Å². The van der Waals surface area contributed by atoms with E-state index < -0.39 is 0 Å². The van der Waals surface area contributed by atoms with E-state index in [1.807, 2.05) is 34.9 Å². The Balaban J connectivity index is 1.46. The summed E-state index contributed by atoms with van der Waals surface area (Å²) < 4.78 is 16.8. The molecule has 5 aromatic rings. The monoisotopic (exact) mass is 439 g/mol. The summed E-state index contributed by atoms with van der Waals surface area (Å²) in [7, 11) is 0. The number of carbonyl (C=O) groups excluding carboxylic acids is 1. The Morgan fingerprint density at radius 2 is 1.67 bits per heavy atom. The molecule has 0 aliphatic heterocycles. The number of carbonyl (C=O) groups is 1. The summed E-state index contributed by atoms with van der Waals surface area (Å²) in [6.45, 7) is 0.517. The Hall–Kier alpha value is -4.66. The molecule has 0 aliphatic rings. The van der Waals surface area contributed by atoms with Gasteiger partial charge in [0.05, 0.1) is 18.6 Å². The van der Waals surface area contributed by atoms with Crippen molar-refractivity contribution in [2.75, 3.05) is 5.32 Å². The molecule has 5 rings (SSSR count). The zero-order valence-electron chi connectivity index (χ0n) is 17.3. The van der Waals surface area contributed by atoms with Crippen LogP contribution in [0.15, 0.2) is 91.5 Å². The van der Waals surface area contributed by atoms with Crippen molar-refractivity contribution >= 4 is 11.7 Å². The molecule has 0 radical (unpaired) electrons. The summed E-state index contributed by atoms with van der Waals surface area (Å²) in [6, 6.07) is 22.8. The van der Waals surface area contributed by atoms with Gasteiger partial charge in [-0.3, -0.25) is 4.79 Å². The van der Waals surface area contributed by atoms with Gasteiger partial charge in [0.25, 0.3) is 5.91 Å². The molecule has 9 heteroatoms. The van der Waals surface area contributed by atoms with E-state index in [0.717, 1.165) is 11.3 Å². The van der Waals surface area contributed by atoms with E-state index in [1.165, 1.54) is 23.1 Å². The van der Waals surface area contributed by atoms with Gasteiger partial charge in [-0.05, 0) is 64.5 Å². The number of hydrogen-bond donors (Lipinski definition) is 1. The van der Waals surface area contributed by atoms with Crippen LogP contribution in [0.5, 0.6) is 0 Å². The van der Waals surface area contributed by atoms with Crippen LogP contribution in [-0.2, 0) is 6.54 Å². The molecule has 0 atom stereocenters. The third kappa shape index (κ3) is 4.38. The van der Waals surface area contributed by atoms with Crippen LogP contribution in [-0.4, -0.2) is 35.7 Å². The van der Waals surface area contributed by atoms with E-state index in [9.17, 15) is 9.18 Å². The quantitative estimate of drug-likeness (QED) is 0.432. The van der Waals surface area contributed by atoms with Crippen molar-refractivity contribution in [2.45, 2.75) is 6.54 Å². The summed E-state index contributed by atoms with van der Waals surface area (Å²) in [5, 5.41) is 14.1. The second-order valence-corrected chi connectivity index (χ2v) is 7.32. The lowest BCUT2D eigenvalue weighted by atomic mass is 10.1. The highest BCUT2D eigenvalue weighted by Crippen LogP contribution is 2.28. The van der Waals surface area contributed by atoms with Crippen molar-refractivity contribution in [1.29, 1.82) is 0 Å².